The maximum absolute atomic E-state index is 11.0. The normalized spacial score (nSPS) is 9.88. The zero-order valence-corrected chi connectivity index (χ0v) is 12.8. The minimum atomic E-state index is -1.21. The van der Waals surface area contributed by atoms with Gasteiger partial charge in [0.1, 0.15) is 5.75 Å². The molecule has 0 saturated heterocycles. The van der Waals surface area contributed by atoms with Crippen molar-refractivity contribution in [3.63, 3.8) is 0 Å². The molecule has 0 aliphatic heterocycles. The van der Waals surface area contributed by atoms with Crippen LogP contribution in [0, 0.1) is 11.8 Å². The largest absolute Gasteiger partial charge is 0.476 e. The molecule has 0 atom stereocenters. The number of aromatic carboxylic acids is 1. The fraction of sp³-hybridized carbons (Fsp3) is 0. The van der Waals surface area contributed by atoms with Crippen molar-refractivity contribution in [2.24, 2.45) is 0 Å². The van der Waals surface area contributed by atoms with Gasteiger partial charge in [-0.05, 0) is 24.3 Å². The molecule has 2 N–H and O–H groups in total. The van der Waals surface area contributed by atoms with Gasteiger partial charge >= 0.3 is 5.97 Å². The summed E-state index contributed by atoms with van der Waals surface area (Å²) in [5.41, 5.74) is 1.13. The Morgan fingerprint density at radius 1 is 1.21 bits per heavy atom. The lowest BCUT2D eigenvalue weighted by Gasteiger charge is -2.02. The van der Waals surface area contributed by atoms with E-state index in [9.17, 15) is 4.79 Å². The first-order valence-electron chi connectivity index (χ1n) is 6.66. The van der Waals surface area contributed by atoms with Crippen molar-refractivity contribution in [3.8, 4) is 23.5 Å². The third-order valence-corrected chi connectivity index (χ3v) is 3.04. The van der Waals surface area contributed by atoms with E-state index in [2.05, 4.69) is 32.2 Å². The molecule has 0 saturated carbocycles. The molecule has 0 radical (unpaired) electrons. The number of pyridine rings is 1. The Labute approximate surface area is 141 Å². The number of rotatable bonds is 3. The molecule has 7 nitrogen and oxygen atoms in total. The highest BCUT2D eigenvalue weighted by Gasteiger charge is 2.16. The van der Waals surface area contributed by atoms with Crippen LogP contribution in [0.1, 0.15) is 21.6 Å². The molecular weight excluding hydrogens is 332 g/mol. The number of hydrogen-bond acceptors (Lipinski definition) is 5. The van der Waals surface area contributed by atoms with Gasteiger partial charge in [0, 0.05) is 23.5 Å². The van der Waals surface area contributed by atoms with Crippen molar-refractivity contribution in [2.45, 2.75) is 0 Å². The molecule has 1 aromatic carbocycles. The summed E-state index contributed by atoms with van der Waals surface area (Å²) < 4.78 is 5.44. The maximum Gasteiger partial charge on any atom is 0.359 e. The number of carbonyl (C=O) groups is 1. The standard InChI is InChI=1S/C16H9ClN4O3/c17-12-6-11(8-18-9-12)5-4-10-2-1-3-13(7-10)24-15-14(16(22)23)19-21-20-15/h1-3,6-9H,(H,22,23)(H,19,20,21). The lowest BCUT2D eigenvalue weighted by molar-refractivity contribution is 0.0687. The van der Waals surface area contributed by atoms with Crippen molar-refractivity contribution < 1.29 is 14.6 Å². The predicted octanol–water partition coefficient (Wildman–Crippen LogP) is 2.74. The van der Waals surface area contributed by atoms with Crippen LogP contribution < -0.4 is 4.74 Å². The quantitative estimate of drug-likeness (QED) is 0.711. The van der Waals surface area contributed by atoms with E-state index >= 15 is 0 Å². The first-order chi connectivity index (χ1) is 11.6. The maximum atomic E-state index is 11.0. The topological polar surface area (TPSA) is 101 Å². The molecule has 0 amide bonds. The van der Waals surface area contributed by atoms with Crippen LogP contribution in [0.3, 0.4) is 0 Å². The summed E-state index contributed by atoms with van der Waals surface area (Å²) >= 11 is 5.86. The second-order valence-electron chi connectivity index (χ2n) is 4.57. The molecule has 0 bridgehead atoms. The summed E-state index contributed by atoms with van der Waals surface area (Å²) in [4.78, 5) is 15.0. The molecule has 3 rings (SSSR count). The van der Waals surface area contributed by atoms with E-state index in [1.807, 2.05) is 0 Å². The van der Waals surface area contributed by atoms with Gasteiger partial charge < -0.3 is 9.84 Å². The fourth-order valence-corrected chi connectivity index (χ4v) is 1.98. The minimum Gasteiger partial charge on any atom is -0.476 e. The molecule has 24 heavy (non-hydrogen) atoms. The van der Waals surface area contributed by atoms with E-state index in [1.165, 1.54) is 6.20 Å². The van der Waals surface area contributed by atoms with Crippen LogP contribution in [0.4, 0.5) is 0 Å². The summed E-state index contributed by atoms with van der Waals surface area (Å²) in [7, 11) is 0. The van der Waals surface area contributed by atoms with Gasteiger partial charge in [0.2, 0.25) is 5.69 Å². The molecule has 2 aromatic heterocycles. The van der Waals surface area contributed by atoms with Gasteiger partial charge in [-0.1, -0.05) is 39.8 Å². The number of ether oxygens (including phenoxy) is 1. The highest BCUT2D eigenvalue weighted by atomic mass is 35.5. The average molecular weight is 341 g/mol. The molecule has 3 aromatic rings. The number of hydrogen-bond donors (Lipinski definition) is 2. The van der Waals surface area contributed by atoms with Crippen molar-refractivity contribution in [2.75, 3.05) is 0 Å². The van der Waals surface area contributed by atoms with Gasteiger partial charge in [0.15, 0.2) is 0 Å². The van der Waals surface area contributed by atoms with E-state index < -0.39 is 5.97 Å². The van der Waals surface area contributed by atoms with Crippen LogP contribution in [-0.2, 0) is 0 Å². The van der Waals surface area contributed by atoms with Gasteiger partial charge in [-0.3, -0.25) is 4.98 Å². The van der Waals surface area contributed by atoms with E-state index in [0.29, 0.717) is 21.9 Å². The number of aromatic amines is 1. The summed E-state index contributed by atoms with van der Waals surface area (Å²) in [5, 5.41) is 18.8. The third-order valence-electron chi connectivity index (χ3n) is 2.83. The lowest BCUT2D eigenvalue weighted by atomic mass is 10.2. The van der Waals surface area contributed by atoms with Crippen LogP contribution in [-0.4, -0.2) is 31.5 Å². The van der Waals surface area contributed by atoms with Crippen LogP contribution in [0.2, 0.25) is 5.02 Å². The number of halogens is 1. The summed E-state index contributed by atoms with van der Waals surface area (Å²) in [5.74, 6) is 4.96. The highest BCUT2D eigenvalue weighted by Crippen LogP contribution is 2.22. The Kier molecular flexibility index (Phi) is 4.40. The summed E-state index contributed by atoms with van der Waals surface area (Å²) in [6.45, 7) is 0. The van der Waals surface area contributed by atoms with Crippen LogP contribution in [0.5, 0.6) is 11.6 Å². The van der Waals surface area contributed by atoms with Crippen LogP contribution in [0.25, 0.3) is 0 Å². The number of nitrogens with zero attached hydrogens (tertiary/aromatic N) is 3. The van der Waals surface area contributed by atoms with Gasteiger partial charge in [0.05, 0.1) is 5.02 Å². The van der Waals surface area contributed by atoms with Gasteiger partial charge in [0.25, 0.3) is 5.88 Å². The Morgan fingerprint density at radius 2 is 2.04 bits per heavy atom. The Morgan fingerprint density at radius 3 is 2.83 bits per heavy atom. The third kappa shape index (κ3) is 3.69. The Balaban J connectivity index is 1.82. The van der Waals surface area contributed by atoms with Crippen LogP contribution >= 0.6 is 11.6 Å². The van der Waals surface area contributed by atoms with Crippen molar-refractivity contribution in [3.05, 3.63) is 64.6 Å². The van der Waals surface area contributed by atoms with Gasteiger partial charge in [-0.2, -0.15) is 0 Å². The van der Waals surface area contributed by atoms with Crippen molar-refractivity contribution in [1.29, 1.82) is 0 Å². The number of H-pyrrole nitrogens is 1. The number of nitrogens with one attached hydrogen (secondary N) is 1. The minimum absolute atomic E-state index is 0.119. The zero-order valence-electron chi connectivity index (χ0n) is 12.0. The SMILES string of the molecule is O=C(O)c1[nH]nnc1Oc1cccc(C#Cc2cncc(Cl)c2)c1. The first kappa shape index (κ1) is 15.5. The molecule has 8 heteroatoms. The van der Waals surface area contributed by atoms with E-state index in [4.69, 9.17) is 21.4 Å². The molecule has 2 heterocycles. The molecule has 118 valence electrons. The van der Waals surface area contributed by atoms with Gasteiger partial charge in [-0.15, -0.1) is 0 Å². The second-order valence-corrected chi connectivity index (χ2v) is 5.01. The van der Waals surface area contributed by atoms with E-state index in [0.717, 1.165) is 0 Å². The van der Waals surface area contributed by atoms with Crippen molar-refractivity contribution >= 4 is 17.6 Å². The average Bonchev–Trinajstić information content (AvgIpc) is 3.02. The number of benzene rings is 1. The van der Waals surface area contributed by atoms with Crippen LogP contribution in [0.15, 0.2) is 42.7 Å². The number of aromatic nitrogens is 4. The lowest BCUT2D eigenvalue weighted by Crippen LogP contribution is -1.99. The van der Waals surface area contributed by atoms with E-state index in [-0.39, 0.29) is 11.6 Å². The van der Waals surface area contributed by atoms with Gasteiger partial charge in [-0.25, -0.2) is 9.89 Å². The van der Waals surface area contributed by atoms with Crippen molar-refractivity contribution in [1.82, 2.24) is 20.4 Å². The molecule has 0 aliphatic carbocycles. The first-order valence-corrected chi connectivity index (χ1v) is 7.04. The van der Waals surface area contributed by atoms with E-state index in [1.54, 1.807) is 36.5 Å². The predicted molar refractivity (Wildman–Crippen MR) is 85.1 cm³/mol. The molecule has 0 spiro atoms. The number of carboxylic acids is 1. The molecule has 0 aliphatic rings. The summed E-state index contributed by atoms with van der Waals surface area (Å²) in [6, 6.07) is 8.54. The number of carboxylic acid groups (broad SMARTS) is 1. The molecule has 0 fully saturated rings. The second kappa shape index (κ2) is 6.81. The Hall–Kier alpha value is -3.37. The monoisotopic (exact) mass is 340 g/mol. The molecular formula is C16H9ClN4O3. The smallest absolute Gasteiger partial charge is 0.359 e. The Bertz CT molecular complexity index is 959. The summed E-state index contributed by atoms with van der Waals surface area (Å²) in [6.07, 6.45) is 3.13. The molecule has 0 unspecified atom stereocenters. The zero-order chi connectivity index (χ0) is 16.9. The fourth-order valence-electron chi connectivity index (χ4n) is 1.80. The highest BCUT2D eigenvalue weighted by molar-refractivity contribution is 6.30.